The molecule has 1 N–H and O–H groups in total. The Morgan fingerprint density at radius 1 is 1.33 bits per heavy atom. The molecule has 0 radical (unpaired) electrons. The average molecular weight is 248 g/mol. The van der Waals surface area contributed by atoms with Gasteiger partial charge >= 0.3 is 0 Å². The van der Waals surface area contributed by atoms with Crippen molar-refractivity contribution in [2.75, 3.05) is 29.9 Å². The molecule has 0 bridgehead atoms. The van der Waals surface area contributed by atoms with E-state index in [1.807, 2.05) is 12.3 Å². The molecule has 1 aliphatic rings. The minimum atomic E-state index is 0.522. The molecule has 1 aromatic rings. The Balaban J connectivity index is 2.03. The SMILES string of the molecule is CCNc1nccc(N2CCC(C)(CC)CC2)n1. The molecule has 2 rings (SSSR count). The number of nitrogens with one attached hydrogen (secondary N) is 1. The monoisotopic (exact) mass is 248 g/mol. The first-order valence-electron chi connectivity index (χ1n) is 6.99. The highest BCUT2D eigenvalue weighted by atomic mass is 15.2. The fraction of sp³-hybridized carbons (Fsp3) is 0.714. The summed E-state index contributed by atoms with van der Waals surface area (Å²) < 4.78 is 0. The Bertz CT molecular complexity index is 383. The third-order valence-corrected chi connectivity index (χ3v) is 4.12. The number of hydrogen-bond donors (Lipinski definition) is 1. The lowest BCUT2D eigenvalue weighted by molar-refractivity contribution is 0.238. The quantitative estimate of drug-likeness (QED) is 0.889. The summed E-state index contributed by atoms with van der Waals surface area (Å²) in [7, 11) is 0. The van der Waals surface area contributed by atoms with E-state index in [2.05, 4.69) is 41.0 Å². The van der Waals surface area contributed by atoms with Gasteiger partial charge in [-0.05, 0) is 31.2 Å². The molecule has 0 unspecified atom stereocenters. The van der Waals surface area contributed by atoms with Gasteiger partial charge in [0.15, 0.2) is 0 Å². The maximum atomic E-state index is 4.56. The van der Waals surface area contributed by atoms with Gasteiger partial charge in [0.05, 0.1) is 0 Å². The lowest BCUT2D eigenvalue weighted by Gasteiger charge is -2.39. The molecule has 1 saturated heterocycles. The topological polar surface area (TPSA) is 41.1 Å². The number of rotatable bonds is 4. The molecule has 0 amide bonds. The summed E-state index contributed by atoms with van der Waals surface area (Å²) in [6.45, 7) is 9.82. The molecule has 0 aliphatic carbocycles. The van der Waals surface area contributed by atoms with E-state index in [4.69, 9.17) is 0 Å². The Morgan fingerprint density at radius 2 is 2.06 bits per heavy atom. The third kappa shape index (κ3) is 2.92. The molecule has 2 heterocycles. The minimum absolute atomic E-state index is 0.522. The van der Waals surface area contributed by atoms with E-state index in [0.29, 0.717) is 5.41 Å². The largest absolute Gasteiger partial charge is 0.356 e. The van der Waals surface area contributed by atoms with Gasteiger partial charge in [-0.1, -0.05) is 20.3 Å². The van der Waals surface area contributed by atoms with Crippen molar-refractivity contribution in [3.05, 3.63) is 12.3 Å². The molecular formula is C14H24N4. The van der Waals surface area contributed by atoms with Crippen LogP contribution in [-0.2, 0) is 0 Å². The van der Waals surface area contributed by atoms with Gasteiger partial charge in [-0.15, -0.1) is 0 Å². The standard InChI is InChI=1S/C14H24N4/c1-4-14(3)7-10-18(11-8-14)12-6-9-16-13(17-12)15-5-2/h6,9H,4-5,7-8,10-11H2,1-3H3,(H,15,16,17). The zero-order valence-corrected chi connectivity index (χ0v) is 11.7. The second-order valence-corrected chi connectivity index (χ2v) is 5.42. The second-order valence-electron chi connectivity index (χ2n) is 5.42. The van der Waals surface area contributed by atoms with Crippen molar-refractivity contribution in [2.45, 2.75) is 40.0 Å². The second kappa shape index (κ2) is 5.55. The fourth-order valence-electron chi connectivity index (χ4n) is 2.40. The van der Waals surface area contributed by atoms with Crippen molar-refractivity contribution < 1.29 is 0 Å². The van der Waals surface area contributed by atoms with Crippen molar-refractivity contribution in [2.24, 2.45) is 5.41 Å². The van der Waals surface area contributed by atoms with Crippen LogP contribution >= 0.6 is 0 Å². The van der Waals surface area contributed by atoms with Gasteiger partial charge in [0.1, 0.15) is 5.82 Å². The van der Waals surface area contributed by atoms with Crippen LogP contribution in [0.25, 0.3) is 0 Å². The van der Waals surface area contributed by atoms with Crippen LogP contribution in [0.15, 0.2) is 12.3 Å². The van der Waals surface area contributed by atoms with Crippen molar-refractivity contribution in [1.29, 1.82) is 0 Å². The summed E-state index contributed by atoms with van der Waals surface area (Å²) in [5, 5.41) is 3.17. The molecule has 4 heteroatoms. The predicted octanol–water partition coefficient (Wildman–Crippen LogP) is 2.92. The van der Waals surface area contributed by atoms with Crippen LogP contribution in [0.2, 0.25) is 0 Å². The first-order valence-corrected chi connectivity index (χ1v) is 6.99. The van der Waals surface area contributed by atoms with Crippen LogP contribution in [0.5, 0.6) is 0 Å². The maximum Gasteiger partial charge on any atom is 0.224 e. The van der Waals surface area contributed by atoms with Crippen LogP contribution in [0.1, 0.15) is 40.0 Å². The summed E-state index contributed by atoms with van der Waals surface area (Å²) in [5.74, 6) is 1.79. The zero-order chi connectivity index (χ0) is 13.0. The normalized spacial score (nSPS) is 18.7. The van der Waals surface area contributed by atoms with Gasteiger partial charge in [-0.3, -0.25) is 0 Å². The van der Waals surface area contributed by atoms with Crippen LogP contribution < -0.4 is 10.2 Å². The Kier molecular flexibility index (Phi) is 4.04. The Labute approximate surface area is 110 Å². The van der Waals surface area contributed by atoms with Crippen molar-refractivity contribution in [1.82, 2.24) is 9.97 Å². The number of nitrogens with zero attached hydrogens (tertiary/aromatic N) is 3. The molecule has 0 atom stereocenters. The van der Waals surface area contributed by atoms with Crippen molar-refractivity contribution in [3.8, 4) is 0 Å². The number of anilines is 2. The molecule has 4 nitrogen and oxygen atoms in total. The van der Waals surface area contributed by atoms with Crippen LogP contribution in [0.4, 0.5) is 11.8 Å². The lowest BCUT2D eigenvalue weighted by Crippen LogP contribution is -2.38. The fourth-order valence-corrected chi connectivity index (χ4v) is 2.40. The highest BCUT2D eigenvalue weighted by Gasteiger charge is 2.28. The molecule has 0 aromatic carbocycles. The molecule has 1 aromatic heterocycles. The van der Waals surface area contributed by atoms with Gasteiger partial charge in [0.25, 0.3) is 0 Å². The van der Waals surface area contributed by atoms with Crippen LogP contribution in [0, 0.1) is 5.41 Å². The van der Waals surface area contributed by atoms with Crippen LogP contribution in [0.3, 0.4) is 0 Å². The summed E-state index contributed by atoms with van der Waals surface area (Å²) in [4.78, 5) is 11.2. The Hall–Kier alpha value is -1.32. The molecular weight excluding hydrogens is 224 g/mol. The van der Waals surface area contributed by atoms with Gasteiger partial charge < -0.3 is 10.2 Å². The zero-order valence-electron chi connectivity index (χ0n) is 11.7. The van der Waals surface area contributed by atoms with Gasteiger partial charge in [-0.25, -0.2) is 4.98 Å². The van der Waals surface area contributed by atoms with E-state index >= 15 is 0 Å². The number of hydrogen-bond acceptors (Lipinski definition) is 4. The predicted molar refractivity (Wildman–Crippen MR) is 76.0 cm³/mol. The number of piperidine rings is 1. The van der Waals surface area contributed by atoms with E-state index in [1.54, 1.807) is 0 Å². The summed E-state index contributed by atoms with van der Waals surface area (Å²) in [5.41, 5.74) is 0.522. The van der Waals surface area contributed by atoms with E-state index in [-0.39, 0.29) is 0 Å². The first-order chi connectivity index (χ1) is 8.67. The summed E-state index contributed by atoms with van der Waals surface area (Å²) >= 11 is 0. The van der Waals surface area contributed by atoms with Crippen molar-refractivity contribution in [3.63, 3.8) is 0 Å². The van der Waals surface area contributed by atoms with Gasteiger partial charge in [0.2, 0.25) is 5.95 Å². The van der Waals surface area contributed by atoms with Gasteiger partial charge in [0, 0.05) is 25.8 Å². The molecule has 1 fully saturated rings. The first kappa shape index (κ1) is 13.1. The average Bonchev–Trinajstić information content (AvgIpc) is 2.40. The number of aromatic nitrogens is 2. The highest BCUT2D eigenvalue weighted by molar-refractivity contribution is 5.42. The van der Waals surface area contributed by atoms with E-state index in [1.165, 1.54) is 19.3 Å². The molecule has 18 heavy (non-hydrogen) atoms. The molecule has 100 valence electrons. The molecule has 0 saturated carbocycles. The van der Waals surface area contributed by atoms with Gasteiger partial charge in [-0.2, -0.15) is 4.98 Å². The van der Waals surface area contributed by atoms with Crippen LogP contribution in [-0.4, -0.2) is 29.6 Å². The molecule has 1 aliphatic heterocycles. The lowest BCUT2D eigenvalue weighted by atomic mass is 9.78. The Morgan fingerprint density at radius 3 is 2.67 bits per heavy atom. The maximum absolute atomic E-state index is 4.56. The minimum Gasteiger partial charge on any atom is -0.356 e. The van der Waals surface area contributed by atoms with Crippen molar-refractivity contribution >= 4 is 11.8 Å². The van der Waals surface area contributed by atoms with E-state index < -0.39 is 0 Å². The third-order valence-electron chi connectivity index (χ3n) is 4.12. The highest BCUT2D eigenvalue weighted by Crippen LogP contribution is 2.35. The summed E-state index contributed by atoms with van der Waals surface area (Å²) in [6, 6.07) is 2.01. The smallest absolute Gasteiger partial charge is 0.224 e. The van der Waals surface area contributed by atoms with E-state index in [9.17, 15) is 0 Å². The molecule has 0 spiro atoms. The van der Waals surface area contributed by atoms with E-state index in [0.717, 1.165) is 31.4 Å². The summed E-state index contributed by atoms with van der Waals surface area (Å²) in [6.07, 6.45) is 5.62.